The van der Waals surface area contributed by atoms with E-state index in [1.807, 2.05) is 18.2 Å². The summed E-state index contributed by atoms with van der Waals surface area (Å²) in [5, 5.41) is 0. The molecule has 100 valence electrons. The van der Waals surface area contributed by atoms with Crippen LogP contribution in [0.15, 0.2) is 48.3 Å². The molecule has 0 spiro atoms. The van der Waals surface area contributed by atoms with E-state index < -0.39 is 0 Å². The first kappa shape index (κ1) is 12.4. The first-order valence-corrected chi connectivity index (χ1v) is 6.24. The minimum atomic E-state index is -0.0160. The van der Waals surface area contributed by atoms with E-state index in [0.29, 0.717) is 22.6 Å². The van der Waals surface area contributed by atoms with Crippen LogP contribution in [-0.4, -0.2) is 24.5 Å². The second-order valence-corrected chi connectivity index (χ2v) is 4.44. The Bertz CT molecular complexity index is 677. The molecule has 0 fully saturated rings. The standard InChI is InChI=1S/C16H13NO3/c1-19-13-4-5-14-15(8-13)20-10-12(16(14)18)7-11-3-2-6-17-9-11/h2-9H,10H2,1H3. The quantitative estimate of drug-likeness (QED) is 0.785. The number of rotatable bonds is 2. The van der Waals surface area contributed by atoms with Gasteiger partial charge in [-0.3, -0.25) is 9.78 Å². The molecule has 4 heteroatoms. The normalized spacial score (nSPS) is 15.7. The summed E-state index contributed by atoms with van der Waals surface area (Å²) < 4.78 is 10.8. The number of benzene rings is 1. The monoisotopic (exact) mass is 267 g/mol. The van der Waals surface area contributed by atoms with Crippen molar-refractivity contribution in [2.24, 2.45) is 0 Å². The number of Topliss-reactive ketones (excluding diaryl/α,β-unsaturated/α-hetero) is 1. The molecule has 2 heterocycles. The molecule has 0 N–H and O–H groups in total. The maximum absolute atomic E-state index is 12.4. The highest BCUT2D eigenvalue weighted by molar-refractivity contribution is 6.14. The lowest BCUT2D eigenvalue weighted by Gasteiger charge is -2.19. The second kappa shape index (κ2) is 5.17. The molecular formula is C16H13NO3. The molecule has 0 unspecified atom stereocenters. The average molecular weight is 267 g/mol. The van der Waals surface area contributed by atoms with Crippen molar-refractivity contribution in [1.29, 1.82) is 0 Å². The van der Waals surface area contributed by atoms with Crippen molar-refractivity contribution in [2.45, 2.75) is 0 Å². The number of carbonyl (C=O) groups is 1. The van der Waals surface area contributed by atoms with Gasteiger partial charge in [-0.1, -0.05) is 6.07 Å². The number of hydrogen-bond acceptors (Lipinski definition) is 4. The Morgan fingerprint density at radius 3 is 3.00 bits per heavy atom. The molecule has 0 bridgehead atoms. The summed E-state index contributed by atoms with van der Waals surface area (Å²) in [6, 6.07) is 8.95. The van der Waals surface area contributed by atoms with Crippen LogP contribution in [0.25, 0.3) is 6.08 Å². The Morgan fingerprint density at radius 2 is 2.25 bits per heavy atom. The van der Waals surface area contributed by atoms with E-state index in [1.165, 1.54) is 0 Å². The average Bonchev–Trinajstić information content (AvgIpc) is 2.51. The van der Waals surface area contributed by atoms with E-state index in [4.69, 9.17) is 9.47 Å². The van der Waals surface area contributed by atoms with Gasteiger partial charge >= 0.3 is 0 Å². The van der Waals surface area contributed by atoms with Gasteiger partial charge in [0.2, 0.25) is 0 Å². The van der Waals surface area contributed by atoms with Crippen LogP contribution in [0.1, 0.15) is 15.9 Å². The van der Waals surface area contributed by atoms with Gasteiger partial charge in [-0.25, -0.2) is 0 Å². The van der Waals surface area contributed by atoms with Crippen LogP contribution in [0.2, 0.25) is 0 Å². The topological polar surface area (TPSA) is 48.4 Å². The molecule has 3 rings (SSSR count). The summed E-state index contributed by atoms with van der Waals surface area (Å²) in [7, 11) is 1.58. The van der Waals surface area contributed by atoms with Crippen molar-refractivity contribution in [3.63, 3.8) is 0 Å². The fraction of sp³-hybridized carbons (Fsp3) is 0.125. The molecule has 0 radical (unpaired) electrons. The third kappa shape index (κ3) is 2.28. The number of aromatic nitrogens is 1. The maximum atomic E-state index is 12.4. The van der Waals surface area contributed by atoms with Crippen LogP contribution in [-0.2, 0) is 0 Å². The van der Waals surface area contributed by atoms with Gasteiger partial charge in [-0.15, -0.1) is 0 Å². The molecule has 20 heavy (non-hydrogen) atoms. The Balaban J connectivity index is 1.95. The summed E-state index contributed by atoms with van der Waals surface area (Å²) in [5.41, 5.74) is 2.07. The predicted octanol–water partition coefficient (Wildman–Crippen LogP) is 2.75. The van der Waals surface area contributed by atoms with Crippen LogP contribution >= 0.6 is 0 Å². The molecule has 0 saturated carbocycles. The van der Waals surface area contributed by atoms with Crippen molar-refractivity contribution in [2.75, 3.05) is 13.7 Å². The van der Waals surface area contributed by atoms with Gasteiger partial charge in [0.1, 0.15) is 18.1 Å². The zero-order valence-electron chi connectivity index (χ0n) is 11.0. The molecule has 4 nitrogen and oxygen atoms in total. The summed E-state index contributed by atoms with van der Waals surface area (Å²) in [4.78, 5) is 16.4. The lowest BCUT2D eigenvalue weighted by molar-refractivity contribution is 0.100. The SMILES string of the molecule is COc1ccc2c(c1)OCC(=Cc1cccnc1)C2=O. The van der Waals surface area contributed by atoms with E-state index in [0.717, 1.165) is 5.56 Å². The highest BCUT2D eigenvalue weighted by Gasteiger charge is 2.23. The van der Waals surface area contributed by atoms with Gasteiger partial charge in [0.05, 0.1) is 12.7 Å². The largest absolute Gasteiger partial charge is 0.497 e. The van der Waals surface area contributed by atoms with Crippen molar-refractivity contribution < 1.29 is 14.3 Å². The number of carbonyl (C=O) groups excluding carboxylic acids is 1. The van der Waals surface area contributed by atoms with Gasteiger partial charge in [-0.05, 0) is 29.8 Å². The van der Waals surface area contributed by atoms with Crippen LogP contribution in [0.5, 0.6) is 11.5 Å². The molecule has 1 aliphatic heterocycles. The van der Waals surface area contributed by atoms with Crippen LogP contribution in [0.3, 0.4) is 0 Å². The highest BCUT2D eigenvalue weighted by atomic mass is 16.5. The molecule has 2 aromatic rings. The summed E-state index contributed by atoms with van der Waals surface area (Å²) in [6.07, 6.45) is 5.22. The van der Waals surface area contributed by atoms with Crippen molar-refractivity contribution >= 4 is 11.9 Å². The molecular weight excluding hydrogens is 254 g/mol. The van der Waals surface area contributed by atoms with E-state index >= 15 is 0 Å². The molecule has 1 aromatic heterocycles. The highest BCUT2D eigenvalue weighted by Crippen LogP contribution is 2.31. The summed E-state index contributed by atoms with van der Waals surface area (Å²) in [6.45, 7) is 0.258. The van der Waals surface area contributed by atoms with Gasteiger partial charge < -0.3 is 9.47 Å². The number of nitrogens with zero attached hydrogens (tertiary/aromatic N) is 1. The summed E-state index contributed by atoms with van der Waals surface area (Å²) >= 11 is 0. The fourth-order valence-corrected chi connectivity index (χ4v) is 2.10. The lowest BCUT2D eigenvalue weighted by atomic mass is 9.98. The molecule has 1 aliphatic rings. The van der Waals surface area contributed by atoms with Gasteiger partial charge in [-0.2, -0.15) is 0 Å². The lowest BCUT2D eigenvalue weighted by Crippen LogP contribution is -2.19. The number of hydrogen-bond donors (Lipinski definition) is 0. The predicted molar refractivity (Wildman–Crippen MR) is 75.0 cm³/mol. The van der Waals surface area contributed by atoms with Crippen LogP contribution < -0.4 is 9.47 Å². The van der Waals surface area contributed by atoms with E-state index in [2.05, 4.69) is 4.98 Å². The number of ketones is 1. The number of methoxy groups -OCH3 is 1. The minimum absolute atomic E-state index is 0.0160. The summed E-state index contributed by atoms with van der Waals surface area (Å²) in [5.74, 6) is 1.23. The molecule has 0 saturated heterocycles. The second-order valence-electron chi connectivity index (χ2n) is 4.44. The third-order valence-electron chi connectivity index (χ3n) is 3.13. The smallest absolute Gasteiger partial charge is 0.196 e. The van der Waals surface area contributed by atoms with Crippen molar-refractivity contribution in [3.8, 4) is 11.5 Å². The minimum Gasteiger partial charge on any atom is -0.497 e. The zero-order chi connectivity index (χ0) is 13.9. The fourth-order valence-electron chi connectivity index (χ4n) is 2.10. The van der Waals surface area contributed by atoms with Crippen molar-refractivity contribution in [1.82, 2.24) is 4.98 Å². The number of fused-ring (bicyclic) bond motifs is 1. The molecule has 0 atom stereocenters. The Kier molecular flexibility index (Phi) is 3.21. The zero-order valence-corrected chi connectivity index (χ0v) is 11.0. The van der Waals surface area contributed by atoms with Gasteiger partial charge in [0.25, 0.3) is 0 Å². The number of ether oxygens (including phenoxy) is 2. The van der Waals surface area contributed by atoms with Gasteiger partial charge in [0, 0.05) is 24.0 Å². The third-order valence-corrected chi connectivity index (χ3v) is 3.13. The molecule has 0 aliphatic carbocycles. The first-order chi connectivity index (χ1) is 9.78. The van der Waals surface area contributed by atoms with E-state index in [-0.39, 0.29) is 12.4 Å². The number of pyridine rings is 1. The van der Waals surface area contributed by atoms with Crippen LogP contribution in [0, 0.1) is 0 Å². The van der Waals surface area contributed by atoms with Gasteiger partial charge in [0.15, 0.2) is 5.78 Å². The Hall–Kier alpha value is -2.62. The first-order valence-electron chi connectivity index (χ1n) is 6.24. The molecule has 1 aromatic carbocycles. The Labute approximate surface area is 116 Å². The van der Waals surface area contributed by atoms with Crippen molar-refractivity contribution in [3.05, 3.63) is 59.4 Å². The van der Waals surface area contributed by atoms with E-state index in [9.17, 15) is 4.79 Å². The molecule has 0 amide bonds. The maximum Gasteiger partial charge on any atom is 0.196 e. The van der Waals surface area contributed by atoms with E-state index in [1.54, 1.807) is 37.7 Å². The van der Waals surface area contributed by atoms with Crippen LogP contribution in [0.4, 0.5) is 0 Å². The Morgan fingerprint density at radius 1 is 1.35 bits per heavy atom.